The van der Waals surface area contributed by atoms with E-state index in [0.717, 1.165) is 22.6 Å². The van der Waals surface area contributed by atoms with Crippen molar-refractivity contribution in [1.29, 1.82) is 5.26 Å². The van der Waals surface area contributed by atoms with Gasteiger partial charge in [0.2, 0.25) is 0 Å². The fourth-order valence-electron chi connectivity index (χ4n) is 2.87. The summed E-state index contributed by atoms with van der Waals surface area (Å²) < 4.78 is 6.87. The van der Waals surface area contributed by atoms with E-state index in [4.69, 9.17) is 10.00 Å². The zero-order valence-corrected chi connectivity index (χ0v) is 16.9. The average Bonchev–Trinajstić information content (AvgIpc) is 2.73. The number of thioether (sulfide) groups is 1. The zero-order valence-electron chi connectivity index (χ0n) is 16.1. The van der Waals surface area contributed by atoms with Crippen LogP contribution in [0.1, 0.15) is 27.9 Å². The van der Waals surface area contributed by atoms with Crippen LogP contribution in [0.15, 0.2) is 58.5 Å². The fourth-order valence-corrected chi connectivity index (χ4v) is 3.84. The molecule has 2 aromatic carbocycles. The van der Waals surface area contributed by atoms with Gasteiger partial charge in [-0.2, -0.15) is 5.26 Å². The van der Waals surface area contributed by atoms with Gasteiger partial charge in [-0.05, 0) is 42.3 Å². The minimum atomic E-state index is -0.0300. The van der Waals surface area contributed by atoms with Crippen molar-refractivity contribution in [2.45, 2.75) is 24.3 Å². The molecule has 1 heterocycles. The second kappa shape index (κ2) is 8.77. The predicted molar refractivity (Wildman–Crippen MR) is 111 cm³/mol. The van der Waals surface area contributed by atoms with Crippen molar-refractivity contribution in [2.24, 2.45) is 7.05 Å². The topological polar surface area (TPSA) is 67.9 Å². The number of ether oxygens (including phenoxy) is 1. The molecular formula is C22H21N3O2S. The number of aryl methyl sites for hydroxylation is 1. The van der Waals surface area contributed by atoms with Gasteiger partial charge in [-0.1, -0.05) is 36.0 Å². The van der Waals surface area contributed by atoms with Gasteiger partial charge >= 0.3 is 0 Å². The smallest absolute Gasteiger partial charge is 0.257 e. The predicted octanol–water partition coefficient (Wildman–Crippen LogP) is 3.85. The van der Waals surface area contributed by atoms with Crippen LogP contribution in [0, 0.1) is 18.3 Å². The highest BCUT2D eigenvalue weighted by Gasteiger charge is 2.13. The summed E-state index contributed by atoms with van der Waals surface area (Å²) in [6.07, 6.45) is 0.517. The summed E-state index contributed by atoms with van der Waals surface area (Å²) in [6.45, 7) is 1.88. The lowest BCUT2D eigenvalue weighted by molar-refractivity contribution is 0.414. The van der Waals surface area contributed by atoms with Crippen LogP contribution in [-0.2, 0) is 19.2 Å². The molecule has 0 aliphatic carbocycles. The zero-order chi connectivity index (χ0) is 20.1. The lowest BCUT2D eigenvalue weighted by Gasteiger charge is -2.12. The first-order valence-corrected chi connectivity index (χ1v) is 9.81. The quantitative estimate of drug-likeness (QED) is 0.472. The third-order valence-corrected chi connectivity index (χ3v) is 5.62. The number of hydrogen-bond acceptors (Lipinski definition) is 5. The number of nitriles is 1. The Morgan fingerprint density at radius 2 is 1.93 bits per heavy atom. The lowest BCUT2D eigenvalue weighted by atomic mass is 10.0. The van der Waals surface area contributed by atoms with E-state index in [1.165, 1.54) is 11.8 Å². The van der Waals surface area contributed by atoms with Crippen molar-refractivity contribution in [2.75, 3.05) is 7.11 Å². The summed E-state index contributed by atoms with van der Waals surface area (Å²) >= 11 is 1.51. The molecule has 6 heteroatoms. The Morgan fingerprint density at radius 1 is 1.18 bits per heavy atom. The second-order valence-corrected chi connectivity index (χ2v) is 7.39. The minimum Gasteiger partial charge on any atom is -0.497 e. The molecule has 0 aliphatic rings. The van der Waals surface area contributed by atoms with E-state index in [9.17, 15) is 4.79 Å². The summed E-state index contributed by atoms with van der Waals surface area (Å²) in [5, 5.41) is 9.57. The van der Waals surface area contributed by atoms with Gasteiger partial charge in [0.1, 0.15) is 5.75 Å². The van der Waals surface area contributed by atoms with Crippen LogP contribution in [0.2, 0.25) is 0 Å². The highest BCUT2D eigenvalue weighted by atomic mass is 32.2. The molecule has 0 bridgehead atoms. The highest BCUT2D eigenvalue weighted by Crippen LogP contribution is 2.22. The first-order chi connectivity index (χ1) is 13.5. The van der Waals surface area contributed by atoms with E-state index in [1.54, 1.807) is 30.9 Å². The SMILES string of the molecule is COc1cccc(Cc2c(C)nc(SCc3ccc(C#N)cc3)n(C)c2=O)c1. The largest absolute Gasteiger partial charge is 0.497 e. The second-order valence-electron chi connectivity index (χ2n) is 6.45. The van der Waals surface area contributed by atoms with E-state index >= 15 is 0 Å². The molecule has 0 unspecified atom stereocenters. The normalized spacial score (nSPS) is 10.5. The summed E-state index contributed by atoms with van der Waals surface area (Å²) in [5.41, 5.74) is 4.14. The number of nitrogens with zero attached hydrogens (tertiary/aromatic N) is 3. The number of aromatic nitrogens is 2. The molecule has 0 saturated heterocycles. The number of methoxy groups -OCH3 is 1. The summed E-state index contributed by atoms with van der Waals surface area (Å²) in [4.78, 5) is 17.6. The standard InChI is InChI=1S/C22H21N3O2S/c1-15-20(12-18-5-4-6-19(11-18)27-3)21(26)25(2)22(24-15)28-14-17-9-7-16(13-23)8-10-17/h4-11H,12,14H2,1-3H3. The Kier molecular flexibility index (Phi) is 6.17. The fraction of sp³-hybridized carbons (Fsp3) is 0.227. The van der Waals surface area contributed by atoms with Crippen molar-refractivity contribution >= 4 is 11.8 Å². The molecule has 0 fully saturated rings. The molecule has 0 aliphatic heterocycles. The molecule has 0 saturated carbocycles. The maximum atomic E-state index is 12.9. The van der Waals surface area contributed by atoms with Crippen molar-refractivity contribution in [3.05, 3.63) is 86.8 Å². The van der Waals surface area contributed by atoms with Crippen LogP contribution >= 0.6 is 11.8 Å². The monoisotopic (exact) mass is 391 g/mol. The number of rotatable bonds is 6. The Morgan fingerprint density at radius 3 is 2.61 bits per heavy atom. The van der Waals surface area contributed by atoms with Crippen molar-refractivity contribution in [1.82, 2.24) is 9.55 Å². The van der Waals surface area contributed by atoms with E-state index < -0.39 is 0 Å². The maximum Gasteiger partial charge on any atom is 0.257 e. The van der Waals surface area contributed by atoms with Crippen molar-refractivity contribution in [3.8, 4) is 11.8 Å². The van der Waals surface area contributed by atoms with Gasteiger partial charge in [0.25, 0.3) is 5.56 Å². The first kappa shape index (κ1) is 19.7. The highest BCUT2D eigenvalue weighted by molar-refractivity contribution is 7.98. The molecule has 0 radical (unpaired) electrons. The Labute approximate surface area is 168 Å². The summed E-state index contributed by atoms with van der Waals surface area (Å²) in [7, 11) is 3.38. The first-order valence-electron chi connectivity index (χ1n) is 8.83. The van der Waals surface area contributed by atoms with Crippen molar-refractivity contribution < 1.29 is 4.74 Å². The van der Waals surface area contributed by atoms with Crippen LogP contribution in [0.5, 0.6) is 5.75 Å². The van der Waals surface area contributed by atoms with Crippen LogP contribution in [0.4, 0.5) is 0 Å². The van der Waals surface area contributed by atoms with E-state index in [-0.39, 0.29) is 5.56 Å². The van der Waals surface area contributed by atoms with Crippen LogP contribution in [0.25, 0.3) is 0 Å². The number of hydrogen-bond donors (Lipinski definition) is 0. The Hall–Kier alpha value is -3.04. The van der Waals surface area contributed by atoms with Gasteiger partial charge in [-0.25, -0.2) is 4.98 Å². The average molecular weight is 391 g/mol. The summed E-state index contributed by atoms with van der Waals surface area (Å²) in [5.74, 6) is 1.45. The molecule has 142 valence electrons. The molecule has 5 nitrogen and oxygen atoms in total. The van der Waals surface area contributed by atoms with E-state index in [2.05, 4.69) is 11.1 Å². The third-order valence-electron chi connectivity index (χ3n) is 4.52. The molecule has 0 atom stereocenters. The van der Waals surface area contributed by atoms with Gasteiger partial charge in [0, 0.05) is 30.5 Å². The van der Waals surface area contributed by atoms with Crippen molar-refractivity contribution in [3.63, 3.8) is 0 Å². The minimum absolute atomic E-state index is 0.0300. The molecule has 0 spiro atoms. The Balaban J connectivity index is 1.81. The molecule has 0 N–H and O–H groups in total. The number of benzene rings is 2. The van der Waals surface area contributed by atoms with Crippen LogP contribution in [-0.4, -0.2) is 16.7 Å². The van der Waals surface area contributed by atoms with Gasteiger partial charge < -0.3 is 4.74 Å². The molecule has 28 heavy (non-hydrogen) atoms. The van der Waals surface area contributed by atoms with E-state index in [1.807, 2.05) is 43.3 Å². The molecule has 1 aromatic heterocycles. The lowest BCUT2D eigenvalue weighted by Crippen LogP contribution is -2.25. The maximum absolute atomic E-state index is 12.9. The van der Waals surface area contributed by atoms with Gasteiger partial charge in [0.05, 0.1) is 18.7 Å². The molecule has 0 amide bonds. The molecular weight excluding hydrogens is 370 g/mol. The molecule has 3 aromatic rings. The van der Waals surface area contributed by atoms with Crippen LogP contribution < -0.4 is 10.3 Å². The van der Waals surface area contributed by atoms with Gasteiger partial charge in [-0.3, -0.25) is 9.36 Å². The molecule has 3 rings (SSSR count). The van der Waals surface area contributed by atoms with E-state index in [0.29, 0.717) is 28.5 Å². The summed E-state index contributed by atoms with van der Waals surface area (Å²) in [6, 6.07) is 17.3. The van der Waals surface area contributed by atoms with Crippen LogP contribution in [0.3, 0.4) is 0 Å². The third kappa shape index (κ3) is 4.44. The van der Waals surface area contributed by atoms with Gasteiger partial charge in [-0.15, -0.1) is 0 Å². The Bertz CT molecular complexity index is 1080. The van der Waals surface area contributed by atoms with Gasteiger partial charge in [0.15, 0.2) is 5.16 Å².